The Labute approximate surface area is 119 Å². The number of nitrogens with one attached hydrogen (secondary N) is 2. The van der Waals surface area contributed by atoms with Crippen LogP contribution in [0.4, 0.5) is 5.69 Å². The van der Waals surface area contributed by atoms with Crippen LogP contribution < -0.4 is 15.8 Å². The second-order valence-electron chi connectivity index (χ2n) is 5.11. The van der Waals surface area contributed by atoms with Gasteiger partial charge in [-0.2, -0.15) is 0 Å². The first-order valence-corrected chi connectivity index (χ1v) is 8.01. The van der Waals surface area contributed by atoms with E-state index in [1.807, 2.05) is 6.92 Å². The van der Waals surface area contributed by atoms with Crippen LogP contribution in [0.25, 0.3) is 0 Å². The summed E-state index contributed by atoms with van der Waals surface area (Å²) in [6, 6.07) is 6.56. The topological polar surface area (TPSA) is 101 Å². The van der Waals surface area contributed by atoms with Crippen molar-refractivity contribution in [2.45, 2.75) is 32.1 Å². The summed E-state index contributed by atoms with van der Waals surface area (Å²) in [5, 5.41) is 10.8. The molecule has 1 rings (SSSR count). The summed E-state index contributed by atoms with van der Waals surface area (Å²) in [7, 11) is -3.54. The van der Waals surface area contributed by atoms with Gasteiger partial charge in [0.2, 0.25) is 15.9 Å². The van der Waals surface area contributed by atoms with Crippen LogP contribution in [-0.4, -0.2) is 26.4 Å². The summed E-state index contributed by atoms with van der Waals surface area (Å²) in [6.07, 6.45) is 0. The molecule has 0 spiro atoms. The van der Waals surface area contributed by atoms with Crippen LogP contribution in [0, 0.1) is 0 Å². The summed E-state index contributed by atoms with van der Waals surface area (Å²) in [4.78, 5) is 12.0. The van der Waals surface area contributed by atoms with E-state index >= 15 is 0 Å². The molecule has 0 aliphatic heterocycles. The number of sulfonamides is 1. The fourth-order valence-corrected chi connectivity index (χ4v) is 2.38. The average molecular weight is 299 g/mol. The third-order valence-electron chi connectivity index (χ3n) is 2.77. The molecule has 4 N–H and O–H groups in total. The number of amides is 1. The van der Waals surface area contributed by atoms with Gasteiger partial charge in [-0.05, 0) is 38.1 Å². The Balaban J connectivity index is 2.73. The zero-order valence-corrected chi connectivity index (χ0v) is 12.8. The van der Waals surface area contributed by atoms with Gasteiger partial charge in [0.25, 0.3) is 0 Å². The van der Waals surface area contributed by atoms with Crippen molar-refractivity contribution in [2.24, 2.45) is 5.14 Å². The number of carbonyl (C=O) groups is 1. The molecule has 0 saturated carbocycles. The standard InChI is InChI=1S/C13H21N3O3S/c1-4-15-13(2,3)12(17)16-11-7-5-10(6-8-11)9-20(14,18)19/h5-8,15H,4,9H2,1-3H3,(H,16,17)(H2,14,18,19). The lowest BCUT2D eigenvalue weighted by Gasteiger charge is -2.24. The highest BCUT2D eigenvalue weighted by Crippen LogP contribution is 2.13. The predicted molar refractivity (Wildman–Crippen MR) is 79.6 cm³/mol. The molecule has 0 aliphatic rings. The lowest BCUT2D eigenvalue weighted by molar-refractivity contribution is -0.121. The van der Waals surface area contributed by atoms with Crippen LogP contribution in [0.2, 0.25) is 0 Å². The second-order valence-corrected chi connectivity index (χ2v) is 6.73. The molecule has 1 aromatic rings. The summed E-state index contributed by atoms with van der Waals surface area (Å²) in [5.41, 5.74) is 0.518. The number of benzene rings is 1. The molecule has 0 aromatic heterocycles. The molecule has 0 bridgehead atoms. The van der Waals surface area contributed by atoms with Gasteiger partial charge < -0.3 is 10.6 Å². The number of anilines is 1. The Morgan fingerprint density at radius 2 is 1.80 bits per heavy atom. The number of carbonyl (C=O) groups excluding carboxylic acids is 1. The van der Waals surface area contributed by atoms with Gasteiger partial charge in [0, 0.05) is 5.69 Å². The average Bonchev–Trinajstić information content (AvgIpc) is 2.29. The third kappa shape index (κ3) is 5.28. The number of nitrogens with two attached hydrogens (primary N) is 1. The Morgan fingerprint density at radius 1 is 1.25 bits per heavy atom. The molecule has 0 heterocycles. The van der Waals surface area contributed by atoms with Gasteiger partial charge in [-0.1, -0.05) is 19.1 Å². The van der Waals surface area contributed by atoms with Crippen molar-refractivity contribution in [3.8, 4) is 0 Å². The quantitative estimate of drug-likeness (QED) is 0.723. The number of rotatable bonds is 6. The molecular formula is C13H21N3O3S. The van der Waals surface area contributed by atoms with E-state index in [-0.39, 0.29) is 11.7 Å². The predicted octanol–water partition coefficient (Wildman–Crippen LogP) is 0.802. The molecule has 112 valence electrons. The van der Waals surface area contributed by atoms with Crippen molar-refractivity contribution >= 4 is 21.6 Å². The van der Waals surface area contributed by atoms with Crippen LogP contribution in [0.5, 0.6) is 0 Å². The first kappa shape index (κ1) is 16.6. The number of hydrogen-bond acceptors (Lipinski definition) is 4. The molecule has 0 atom stereocenters. The van der Waals surface area contributed by atoms with Gasteiger partial charge in [-0.15, -0.1) is 0 Å². The summed E-state index contributed by atoms with van der Waals surface area (Å²) < 4.78 is 21.9. The molecule has 1 amide bonds. The molecule has 0 radical (unpaired) electrons. The highest BCUT2D eigenvalue weighted by Gasteiger charge is 2.26. The van der Waals surface area contributed by atoms with E-state index in [0.29, 0.717) is 17.8 Å². The first-order chi connectivity index (χ1) is 9.14. The Hall–Kier alpha value is -1.44. The molecule has 20 heavy (non-hydrogen) atoms. The number of likely N-dealkylation sites (N-methyl/N-ethyl adjacent to an activating group) is 1. The largest absolute Gasteiger partial charge is 0.325 e. The number of primary sulfonamides is 1. The van der Waals surface area contributed by atoms with Gasteiger partial charge in [-0.3, -0.25) is 4.79 Å². The third-order valence-corrected chi connectivity index (χ3v) is 3.50. The first-order valence-electron chi connectivity index (χ1n) is 6.30. The van der Waals surface area contributed by atoms with Crippen molar-refractivity contribution in [3.05, 3.63) is 29.8 Å². The highest BCUT2D eigenvalue weighted by atomic mass is 32.2. The van der Waals surface area contributed by atoms with E-state index < -0.39 is 15.6 Å². The second kappa shape index (κ2) is 6.34. The van der Waals surface area contributed by atoms with E-state index in [1.54, 1.807) is 38.1 Å². The highest BCUT2D eigenvalue weighted by molar-refractivity contribution is 7.88. The normalized spacial score (nSPS) is 12.2. The van der Waals surface area contributed by atoms with Crippen LogP contribution >= 0.6 is 0 Å². The Morgan fingerprint density at radius 3 is 2.25 bits per heavy atom. The molecule has 0 saturated heterocycles. The monoisotopic (exact) mass is 299 g/mol. The van der Waals surface area contributed by atoms with Crippen LogP contribution in [-0.2, 0) is 20.6 Å². The summed E-state index contributed by atoms with van der Waals surface area (Å²) in [6.45, 7) is 6.20. The Bertz CT molecular complexity index is 565. The van der Waals surface area contributed by atoms with Gasteiger partial charge in [0.1, 0.15) is 0 Å². The molecule has 7 heteroatoms. The van der Waals surface area contributed by atoms with E-state index in [9.17, 15) is 13.2 Å². The van der Waals surface area contributed by atoms with E-state index in [0.717, 1.165) is 0 Å². The SMILES string of the molecule is CCNC(C)(C)C(=O)Nc1ccc(CS(N)(=O)=O)cc1. The molecule has 0 unspecified atom stereocenters. The maximum Gasteiger partial charge on any atom is 0.244 e. The maximum absolute atomic E-state index is 12.0. The van der Waals surface area contributed by atoms with Gasteiger partial charge in [-0.25, -0.2) is 13.6 Å². The van der Waals surface area contributed by atoms with E-state index in [1.165, 1.54) is 0 Å². The minimum Gasteiger partial charge on any atom is -0.325 e. The van der Waals surface area contributed by atoms with Crippen LogP contribution in [0.3, 0.4) is 0 Å². The molecule has 0 fully saturated rings. The van der Waals surface area contributed by atoms with Gasteiger partial charge in [0.15, 0.2) is 0 Å². The van der Waals surface area contributed by atoms with Gasteiger partial charge in [0.05, 0.1) is 11.3 Å². The van der Waals surface area contributed by atoms with Crippen molar-refractivity contribution < 1.29 is 13.2 Å². The van der Waals surface area contributed by atoms with Gasteiger partial charge >= 0.3 is 0 Å². The zero-order valence-electron chi connectivity index (χ0n) is 11.9. The lowest BCUT2D eigenvalue weighted by atomic mass is 10.0. The van der Waals surface area contributed by atoms with Crippen LogP contribution in [0.1, 0.15) is 26.3 Å². The smallest absolute Gasteiger partial charge is 0.244 e. The summed E-state index contributed by atoms with van der Waals surface area (Å²) in [5.74, 6) is -0.372. The van der Waals surface area contributed by atoms with Crippen molar-refractivity contribution in [1.29, 1.82) is 0 Å². The molecule has 1 aromatic carbocycles. The Kier molecular flexibility index (Phi) is 5.27. The van der Waals surface area contributed by atoms with Crippen molar-refractivity contribution in [3.63, 3.8) is 0 Å². The van der Waals surface area contributed by atoms with E-state index in [4.69, 9.17) is 5.14 Å². The van der Waals surface area contributed by atoms with Crippen molar-refractivity contribution in [1.82, 2.24) is 5.32 Å². The molecule has 6 nitrogen and oxygen atoms in total. The van der Waals surface area contributed by atoms with E-state index in [2.05, 4.69) is 10.6 Å². The zero-order chi connectivity index (χ0) is 15.4. The fraction of sp³-hybridized carbons (Fsp3) is 0.462. The van der Waals surface area contributed by atoms with Crippen LogP contribution in [0.15, 0.2) is 24.3 Å². The minimum absolute atomic E-state index is 0.154. The minimum atomic E-state index is -3.54. The van der Waals surface area contributed by atoms with Crippen molar-refractivity contribution in [2.75, 3.05) is 11.9 Å². The maximum atomic E-state index is 12.0. The molecule has 0 aliphatic carbocycles. The summed E-state index contributed by atoms with van der Waals surface area (Å²) >= 11 is 0. The lowest BCUT2D eigenvalue weighted by Crippen LogP contribution is -2.49. The molecular weight excluding hydrogens is 278 g/mol. The fourth-order valence-electron chi connectivity index (χ4n) is 1.73. The number of hydrogen-bond donors (Lipinski definition) is 3.